The standard InChI is InChI=1S/C13H10N4O/c1-3-10(11-4-2-6-14-8-11)7-12(5-1)18-13-9-15-17-16-13/h1-9H,(H,15,16,17). The van der Waals surface area contributed by atoms with Gasteiger partial charge in [-0.3, -0.25) is 4.98 Å². The Bertz CT molecular complexity index is 623. The Hall–Kier alpha value is -2.69. The molecule has 0 radical (unpaired) electrons. The highest BCUT2D eigenvalue weighted by atomic mass is 16.5. The number of H-pyrrole nitrogens is 1. The molecule has 2 heterocycles. The van der Waals surface area contributed by atoms with Gasteiger partial charge in [0.15, 0.2) is 0 Å². The number of nitrogens with one attached hydrogen (secondary N) is 1. The van der Waals surface area contributed by atoms with Gasteiger partial charge in [0.25, 0.3) is 5.88 Å². The van der Waals surface area contributed by atoms with Crippen LogP contribution < -0.4 is 4.74 Å². The molecule has 0 aliphatic carbocycles. The molecule has 5 heteroatoms. The average Bonchev–Trinajstić information content (AvgIpc) is 2.93. The van der Waals surface area contributed by atoms with Crippen molar-refractivity contribution >= 4 is 0 Å². The monoisotopic (exact) mass is 238 g/mol. The molecule has 1 aromatic carbocycles. The molecule has 0 fully saturated rings. The maximum absolute atomic E-state index is 5.56. The predicted octanol–water partition coefficient (Wildman–Crippen LogP) is 2.66. The van der Waals surface area contributed by atoms with Gasteiger partial charge >= 0.3 is 0 Å². The maximum Gasteiger partial charge on any atom is 0.258 e. The van der Waals surface area contributed by atoms with Gasteiger partial charge in [0.05, 0.1) is 0 Å². The Morgan fingerprint density at radius 1 is 1.00 bits per heavy atom. The van der Waals surface area contributed by atoms with Gasteiger partial charge in [-0.25, -0.2) is 0 Å². The number of rotatable bonds is 3. The molecule has 18 heavy (non-hydrogen) atoms. The summed E-state index contributed by atoms with van der Waals surface area (Å²) >= 11 is 0. The van der Waals surface area contributed by atoms with E-state index in [1.807, 2.05) is 42.6 Å². The fourth-order valence-corrected chi connectivity index (χ4v) is 1.63. The lowest BCUT2D eigenvalue weighted by molar-refractivity contribution is 0.462. The number of aromatic amines is 1. The van der Waals surface area contributed by atoms with E-state index in [4.69, 9.17) is 4.74 Å². The Balaban J connectivity index is 1.90. The lowest BCUT2D eigenvalue weighted by Crippen LogP contribution is -1.85. The smallest absolute Gasteiger partial charge is 0.258 e. The zero-order valence-corrected chi connectivity index (χ0v) is 9.45. The van der Waals surface area contributed by atoms with Gasteiger partial charge < -0.3 is 4.74 Å². The fourth-order valence-electron chi connectivity index (χ4n) is 1.63. The number of hydrogen-bond acceptors (Lipinski definition) is 4. The molecule has 5 nitrogen and oxygen atoms in total. The second-order valence-corrected chi connectivity index (χ2v) is 3.68. The van der Waals surface area contributed by atoms with Gasteiger partial charge in [-0.15, -0.1) is 5.10 Å². The van der Waals surface area contributed by atoms with Crippen LogP contribution in [0.1, 0.15) is 0 Å². The van der Waals surface area contributed by atoms with E-state index >= 15 is 0 Å². The molecule has 0 spiro atoms. The van der Waals surface area contributed by atoms with Crippen LogP contribution in [0.15, 0.2) is 55.0 Å². The summed E-state index contributed by atoms with van der Waals surface area (Å²) in [7, 11) is 0. The Morgan fingerprint density at radius 3 is 2.72 bits per heavy atom. The highest BCUT2D eigenvalue weighted by Gasteiger charge is 2.02. The van der Waals surface area contributed by atoms with Crippen molar-refractivity contribution in [3.05, 3.63) is 55.0 Å². The van der Waals surface area contributed by atoms with E-state index < -0.39 is 0 Å². The highest BCUT2D eigenvalue weighted by molar-refractivity contribution is 5.64. The first-order valence-electron chi connectivity index (χ1n) is 5.46. The van der Waals surface area contributed by atoms with E-state index in [0.717, 1.165) is 11.1 Å². The van der Waals surface area contributed by atoms with E-state index in [-0.39, 0.29) is 0 Å². The minimum atomic E-state index is 0.443. The Morgan fingerprint density at radius 2 is 1.94 bits per heavy atom. The summed E-state index contributed by atoms with van der Waals surface area (Å²) in [6.45, 7) is 0. The van der Waals surface area contributed by atoms with Crippen molar-refractivity contribution in [2.45, 2.75) is 0 Å². The quantitative estimate of drug-likeness (QED) is 0.761. The van der Waals surface area contributed by atoms with Crippen LogP contribution in [0.2, 0.25) is 0 Å². The van der Waals surface area contributed by atoms with Crippen molar-refractivity contribution < 1.29 is 4.74 Å². The number of pyridine rings is 1. The lowest BCUT2D eigenvalue weighted by Gasteiger charge is -2.04. The summed E-state index contributed by atoms with van der Waals surface area (Å²) in [6.07, 6.45) is 5.09. The van der Waals surface area contributed by atoms with Gasteiger partial charge in [0.1, 0.15) is 11.9 Å². The third kappa shape index (κ3) is 2.20. The number of aromatic nitrogens is 4. The first-order chi connectivity index (χ1) is 8.92. The van der Waals surface area contributed by atoms with Gasteiger partial charge in [-0.05, 0) is 23.8 Å². The number of hydrogen-bond donors (Lipinski definition) is 1. The molecule has 0 saturated heterocycles. The second-order valence-electron chi connectivity index (χ2n) is 3.68. The number of benzene rings is 1. The summed E-state index contributed by atoms with van der Waals surface area (Å²) in [5, 5.41) is 10.0. The molecule has 3 rings (SSSR count). The molecular weight excluding hydrogens is 228 g/mol. The summed E-state index contributed by atoms with van der Waals surface area (Å²) < 4.78 is 5.56. The van der Waals surface area contributed by atoms with Gasteiger partial charge in [0, 0.05) is 18.0 Å². The minimum absolute atomic E-state index is 0.443. The molecule has 0 unspecified atom stereocenters. The SMILES string of the molecule is c1cncc(-c2cccc(Oc3cn[nH]n3)c2)c1. The van der Waals surface area contributed by atoms with Crippen molar-refractivity contribution in [1.82, 2.24) is 20.4 Å². The van der Waals surface area contributed by atoms with E-state index in [2.05, 4.69) is 20.4 Å². The predicted molar refractivity (Wildman–Crippen MR) is 66.1 cm³/mol. The molecule has 0 saturated carbocycles. The van der Waals surface area contributed by atoms with Crippen LogP contribution in [0, 0.1) is 0 Å². The molecule has 0 atom stereocenters. The van der Waals surface area contributed by atoms with Crippen LogP contribution in [0.4, 0.5) is 0 Å². The minimum Gasteiger partial charge on any atom is -0.436 e. The lowest BCUT2D eigenvalue weighted by atomic mass is 10.1. The molecule has 0 amide bonds. The topological polar surface area (TPSA) is 63.7 Å². The van der Waals surface area contributed by atoms with Crippen LogP contribution in [0.25, 0.3) is 11.1 Å². The molecule has 0 bridgehead atoms. The molecule has 88 valence electrons. The third-order valence-corrected chi connectivity index (χ3v) is 2.44. The zero-order valence-electron chi connectivity index (χ0n) is 9.45. The Labute approximate surface area is 103 Å². The van der Waals surface area contributed by atoms with Gasteiger partial charge in [-0.1, -0.05) is 18.2 Å². The summed E-state index contributed by atoms with van der Waals surface area (Å²) in [6, 6.07) is 11.6. The van der Waals surface area contributed by atoms with E-state index in [1.54, 1.807) is 6.20 Å². The van der Waals surface area contributed by atoms with Crippen molar-refractivity contribution in [2.24, 2.45) is 0 Å². The van der Waals surface area contributed by atoms with Crippen LogP contribution in [0.5, 0.6) is 11.6 Å². The third-order valence-electron chi connectivity index (χ3n) is 2.44. The van der Waals surface area contributed by atoms with E-state index in [1.165, 1.54) is 6.20 Å². The molecule has 1 N–H and O–H groups in total. The van der Waals surface area contributed by atoms with E-state index in [0.29, 0.717) is 11.6 Å². The normalized spacial score (nSPS) is 10.2. The van der Waals surface area contributed by atoms with Crippen LogP contribution >= 0.6 is 0 Å². The first-order valence-corrected chi connectivity index (χ1v) is 5.46. The summed E-state index contributed by atoms with van der Waals surface area (Å²) in [4.78, 5) is 4.10. The Kier molecular flexibility index (Phi) is 2.71. The number of nitrogens with zero attached hydrogens (tertiary/aromatic N) is 3. The summed E-state index contributed by atoms with van der Waals surface area (Å²) in [5.41, 5.74) is 2.09. The molecule has 2 aromatic heterocycles. The van der Waals surface area contributed by atoms with Crippen molar-refractivity contribution in [1.29, 1.82) is 0 Å². The van der Waals surface area contributed by atoms with Crippen LogP contribution in [-0.2, 0) is 0 Å². The maximum atomic E-state index is 5.56. The zero-order chi connectivity index (χ0) is 12.2. The number of ether oxygens (including phenoxy) is 1. The van der Waals surface area contributed by atoms with Crippen LogP contribution in [0.3, 0.4) is 0 Å². The average molecular weight is 238 g/mol. The molecule has 3 aromatic rings. The van der Waals surface area contributed by atoms with Crippen molar-refractivity contribution in [3.8, 4) is 22.8 Å². The molecular formula is C13H10N4O. The summed E-state index contributed by atoms with van der Waals surface area (Å²) in [5.74, 6) is 1.16. The van der Waals surface area contributed by atoms with Gasteiger partial charge in [0.2, 0.25) is 0 Å². The van der Waals surface area contributed by atoms with Crippen molar-refractivity contribution in [2.75, 3.05) is 0 Å². The van der Waals surface area contributed by atoms with Crippen molar-refractivity contribution in [3.63, 3.8) is 0 Å². The molecule has 0 aliphatic heterocycles. The molecule has 0 aliphatic rings. The second kappa shape index (κ2) is 4.67. The first kappa shape index (κ1) is 10.5. The van der Waals surface area contributed by atoms with Crippen LogP contribution in [-0.4, -0.2) is 20.4 Å². The largest absolute Gasteiger partial charge is 0.436 e. The highest BCUT2D eigenvalue weighted by Crippen LogP contribution is 2.25. The van der Waals surface area contributed by atoms with E-state index in [9.17, 15) is 0 Å². The van der Waals surface area contributed by atoms with Gasteiger partial charge in [-0.2, -0.15) is 10.3 Å². The fraction of sp³-hybridized carbons (Fsp3) is 0.